The molecule has 2 nitrogen and oxygen atoms in total. The van der Waals surface area contributed by atoms with Gasteiger partial charge < -0.3 is 10.1 Å². The van der Waals surface area contributed by atoms with Gasteiger partial charge in [0.05, 0.1) is 12.2 Å². The van der Waals surface area contributed by atoms with Gasteiger partial charge in [0, 0.05) is 18.0 Å². The summed E-state index contributed by atoms with van der Waals surface area (Å²) < 4.78 is 56.4. The van der Waals surface area contributed by atoms with Crippen molar-refractivity contribution < 1.29 is 22.3 Å². The van der Waals surface area contributed by atoms with Crippen LogP contribution < -0.4 is 10.1 Å². The van der Waals surface area contributed by atoms with Crippen LogP contribution in [-0.4, -0.2) is 19.2 Å². The quantitative estimate of drug-likeness (QED) is 0.802. The summed E-state index contributed by atoms with van der Waals surface area (Å²) in [6.07, 6.45) is -2.37. The topological polar surface area (TPSA) is 21.3 Å². The second-order valence-corrected chi connectivity index (χ2v) is 6.25. The Bertz CT molecular complexity index is 495. The van der Waals surface area contributed by atoms with Crippen LogP contribution in [0.3, 0.4) is 0 Å². The molecule has 6 heteroatoms. The fourth-order valence-corrected chi connectivity index (χ4v) is 1.85. The molecule has 0 bridgehead atoms. The van der Waals surface area contributed by atoms with E-state index < -0.39 is 17.6 Å². The predicted octanol–water partition coefficient (Wildman–Crippen LogP) is 4.00. The zero-order valence-corrected chi connectivity index (χ0v) is 12.1. The molecule has 0 amide bonds. The molecule has 0 saturated heterocycles. The minimum absolute atomic E-state index is 0.0308. The van der Waals surface area contributed by atoms with Crippen LogP contribution in [0.25, 0.3) is 0 Å². The third-order valence-electron chi connectivity index (χ3n) is 3.32. The van der Waals surface area contributed by atoms with Crippen molar-refractivity contribution in [3.05, 3.63) is 29.6 Å². The summed E-state index contributed by atoms with van der Waals surface area (Å²) in [6.45, 7) is 4.92. The number of nitrogens with one attached hydrogen (secondary N) is 1. The molecule has 2 rings (SSSR count). The van der Waals surface area contributed by atoms with Crippen molar-refractivity contribution in [1.82, 2.24) is 5.32 Å². The van der Waals surface area contributed by atoms with Crippen LogP contribution in [0.2, 0.25) is 0 Å². The van der Waals surface area contributed by atoms with E-state index in [0.717, 1.165) is 12.6 Å². The first-order chi connectivity index (χ1) is 9.67. The van der Waals surface area contributed by atoms with E-state index in [1.807, 2.05) is 13.8 Å². The van der Waals surface area contributed by atoms with E-state index in [-0.39, 0.29) is 17.8 Å². The van der Waals surface area contributed by atoms with Crippen LogP contribution in [0.15, 0.2) is 18.2 Å². The Morgan fingerprint density at radius 3 is 2.48 bits per heavy atom. The van der Waals surface area contributed by atoms with Crippen LogP contribution in [0, 0.1) is 11.2 Å². The van der Waals surface area contributed by atoms with Gasteiger partial charge in [0.2, 0.25) is 0 Å². The van der Waals surface area contributed by atoms with E-state index >= 15 is 0 Å². The Kier molecular flexibility index (Phi) is 4.46. The molecular weight excluding hydrogens is 286 g/mol. The molecule has 0 atom stereocenters. The molecule has 1 aromatic carbocycles. The second-order valence-electron chi connectivity index (χ2n) is 6.25. The van der Waals surface area contributed by atoms with Crippen LogP contribution in [0.4, 0.5) is 17.6 Å². The molecule has 1 saturated carbocycles. The van der Waals surface area contributed by atoms with Gasteiger partial charge in [-0.1, -0.05) is 13.8 Å². The van der Waals surface area contributed by atoms with Crippen molar-refractivity contribution in [2.75, 3.05) is 13.2 Å². The molecular formula is C15H19F4NO. The van der Waals surface area contributed by atoms with E-state index in [1.54, 1.807) is 0 Å². The molecule has 1 aliphatic carbocycles. The Morgan fingerprint density at radius 2 is 1.90 bits per heavy atom. The van der Waals surface area contributed by atoms with Gasteiger partial charge in [0.25, 0.3) is 0 Å². The standard InChI is InChI=1S/C15H19F4NO/c1-14(2,8-20-10-3-4-10)9-21-11-5-6-13(16)12(7-11)15(17,18)19/h5-7,10,20H,3-4,8-9H2,1-2H3. The molecule has 0 unspecified atom stereocenters. The molecule has 1 aliphatic rings. The van der Waals surface area contributed by atoms with Crippen molar-refractivity contribution in [3.63, 3.8) is 0 Å². The van der Waals surface area contributed by atoms with Crippen LogP contribution >= 0.6 is 0 Å². The summed E-state index contributed by atoms with van der Waals surface area (Å²) in [5.41, 5.74) is -1.51. The van der Waals surface area contributed by atoms with Crippen LogP contribution in [0.1, 0.15) is 32.3 Å². The largest absolute Gasteiger partial charge is 0.493 e. The van der Waals surface area contributed by atoms with Gasteiger partial charge in [0.15, 0.2) is 0 Å². The summed E-state index contributed by atoms with van der Waals surface area (Å²) in [5.74, 6) is -1.26. The van der Waals surface area contributed by atoms with Gasteiger partial charge in [-0.15, -0.1) is 0 Å². The van der Waals surface area contributed by atoms with Crippen molar-refractivity contribution in [3.8, 4) is 5.75 Å². The highest BCUT2D eigenvalue weighted by molar-refractivity contribution is 5.31. The third kappa shape index (κ3) is 4.88. The Balaban J connectivity index is 1.95. The Morgan fingerprint density at radius 1 is 1.24 bits per heavy atom. The highest BCUT2D eigenvalue weighted by atomic mass is 19.4. The summed E-state index contributed by atoms with van der Waals surface area (Å²) in [5, 5.41) is 3.36. The van der Waals surface area contributed by atoms with Gasteiger partial charge in [-0.3, -0.25) is 0 Å². The molecule has 118 valence electrons. The first kappa shape index (κ1) is 16.1. The average Bonchev–Trinajstić information content (AvgIpc) is 3.18. The fourth-order valence-electron chi connectivity index (χ4n) is 1.85. The van der Waals surface area contributed by atoms with Crippen molar-refractivity contribution in [1.29, 1.82) is 0 Å². The summed E-state index contributed by atoms with van der Waals surface area (Å²) in [6, 6.07) is 3.27. The zero-order chi connectivity index (χ0) is 15.7. The first-order valence-electron chi connectivity index (χ1n) is 6.90. The van der Waals surface area contributed by atoms with E-state index in [0.29, 0.717) is 12.1 Å². The third-order valence-corrected chi connectivity index (χ3v) is 3.32. The molecule has 1 aromatic rings. The summed E-state index contributed by atoms with van der Waals surface area (Å²) >= 11 is 0. The average molecular weight is 305 g/mol. The highest BCUT2D eigenvalue weighted by Gasteiger charge is 2.34. The number of rotatable bonds is 6. The highest BCUT2D eigenvalue weighted by Crippen LogP contribution is 2.34. The first-order valence-corrected chi connectivity index (χ1v) is 6.90. The smallest absolute Gasteiger partial charge is 0.419 e. The van der Waals surface area contributed by atoms with Gasteiger partial charge in [-0.25, -0.2) is 4.39 Å². The van der Waals surface area contributed by atoms with Gasteiger partial charge >= 0.3 is 6.18 Å². The minimum Gasteiger partial charge on any atom is -0.493 e. The summed E-state index contributed by atoms with van der Waals surface area (Å²) in [4.78, 5) is 0. The lowest BCUT2D eigenvalue weighted by molar-refractivity contribution is -0.140. The monoisotopic (exact) mass is 305 g/mol. The molecule has 1 N–H and O–H groups in total. The fraction of sp³-hybridized carbons (Fsp3) is 0.600. The Labute approximate surface area is 121 Å². The van der Waals surface area contributed by atoms with Crippen molar-refractivity contribution in [2.45, 2.75) is 38.9 Å². The van der Waals surface area contributed by atoms with E-state index in [2.05, 4.69) is 5.32 Å². The molecule has 0 spiro atoms. The molecule has 1 fully saturated rings. The molecule has 0 aromatic heterocycles. The number of hydrogen-bond donors (Lipinski definition) is 1. The number of halogens is 4. The van der Waals surface area contributed by atoms with Gasteiger partial charge in [-0.2, -0.15) is 13.2 Å². The molecule has 21 heavy (non-hydrogen) atoms. The minimum atomic E-state index is -4.72. The second kappa shape index (κ2) is 5.83. The van der Waals surface area contributed by atoms with Gasteiger partial charge in [-0.05, 0) is 31.0 Å². The zero-order valence-electron chi connectivity index (χ0n) is 12.1. The summed E-state index contributed by atoms with van der Waals surface area (Å²) in [7, 11) is 0. The molecule has 0 aliphatic heterocycles. The van der Waals surface area contributed by atoms with Crippen molar-refractivity contribution in [2.24, 2.45) is 5.41 Å². The maximum absolute atomic E-state index is 13.2. The lowest BCUT2D eigenvalue weighted by Gasteiger charge is -2.25. The predicted molar refractivity (Wildman–Crippen MR) is 71.7 cm³/mol. The SMILES string of the molecule is CC(C)(CNC1CC1)COc1ccc(F)c(C(F)(F)F)c1. The van der Waals surface area contributed by atoms with E-state index in [1.165, 1.54) is 18.9 Å². The number of alkyl halides is 3. The lowest BCUT2D eigenvalue weighted by atomic mass is 9.95. The van der Waals surface area contributed by atoms with Crippen LogP contribution in [0.5, 0.6) is 5.75 Å². The lowest BCUT2D eigenvalue weighted by Crippen LogP contribution is -2.35. The number of hydrogen-bond acceptors (Lipinski definition) is 2. The molecule has 0 radical (unpaired) electrons. The maximum Gasteiger partial charge on any atom is 0.419 e. The van der Waals surface area contributed by atoms with Crippen LogP contribution in [-0.2, 0) is 6.18 Å². The van der Waals surface area contributed by atoms with Crippen molar-refractivity contribution >= 4 is 0 Å². The Hall–Kier alpha value is -1.30. The van der Waals surface area contributed by atoms with E-state index in [9.17, 15) is 17.6 Å². The number of ether oxygens (including phenoxy) is 1. The normalized spacial score (nSPS) is 16.1. The van der Waals surface area contributed by atoms with Gasteiger partial charge in [0.1, 0.15) is 11.6 Å². The number of benzene rings is 1. The maximum atomic E-state index is 13.2. The molecule has 0 heterocycles. The van der Waals surface area contributed by atoms with E-state index in [4.69, 9.17) is 4.74 Å².